The van der Waals surface area contributed by atoms with Gasteiger partial charge in [0.15, 0.2) is 0 Å². The minimum Gasteiger partial charge on any atom is -0.399 e. The Balaban J connectivity index is 2.06. The average molecular weight is 306 g/mol. The van der Waals surface area contributed by atoms with E-state index in [4.69, 9.17) is 11.5 Å². The molecule has 0 aliphatic rings. The molecule has 1 aromatic carbocycles. The van der Waals surface area contributed by atoms with Gasteiger partial charge in [0.05, 0.1) is 0 Å². The van der Waals surface area contributed by atoms with Gasteiger partial charge in [-0.3, -0.25) is 0 Å². The summed E-state index contributed by atoms with van der Waals surface area (Å²) < 4.78 is 0. The Kier molecular flexibility index (Phi) is 8.07. The predicted octanol–water partition coefficient (Wildman–Crippen LogP) is 4.42. The van der Waals surface area contributed by atoms with Gasteiger partial charge in [-0.05, 0) is 60.8 Å². The molecular formula is C16H22N2S2. The Labute approximate surface area is 130 Å². The van der Waals surface area contributed by atoms with Gasteiger partial charge < -0.3 is 11.5 Å². The zero-order valence-corrected chi connectivity index (χ0v) is 13.3. The molecule has 0 aliphatic heterocycles. The summed E-state index contributed by atoms with van der Waals surface area (Å²) in [7, 11) is 0. The zero-order valence-electron chi connectivity index (χ0n) is 11.7. The van der Waals surface area contributed by atoms with Crippen molar-refractivity contribution in [3.63, 3.8) is 0 Å². The van der Waals surface area contributed by atoms with Crippen LogP contribution in [0.4, 0.5) is 5.69 Å². The summed E-state index contributed by atoms with van der Waals surface area (Å²) in [4.78, 5) is 2.31. The van der Waals surface area contributed by atoms with Crippen molar-refractivity contribution in [3.8, 4) is 0 Å². The number of nitrogen functional groups attached to an aromatic ring is 1. The van der Waals surface area contributed by atoms with E-state index in [0.29, 0.717) is 5.70 Å². The quantitative estimate of drug-likeness (QED) is 0.307. The summed E-state index contributed by atoms with van der Waals surface area (Å²) in [6, 6.07) is 8.03. The number of hydrogen-bond donors (Lipinski definition) is 2. The van der Waals surface area contributed by atoms with Crippen molar-refractivity contribution < 1.29 is 0 Å². The third-order valence-electron chi connectivity index (χ3n) is 2.46. The van der Waals surface area contributed by atoms with E-state index in [2.05, 4.69) is 25.3 Å². The third kappa shape index (κ3) is 8.02. The van der Waals surface area contributed by atoms with Crippen LogP contribution in [0.5, 0.6) is 0 Å². The van der Waals surface area contributed by atoms with Crippen molar-refractivity contribution in [3.05, 3.63) is 60.2 Å². The smallest absolute Gasteiger partial charge is 0.0314 e. The van der Waals surface area contributed by atoms with E-state index in [1.54, 1.807) is 17.8 Å². The third-order valence-corrected chi connectivity index (χ3v) is 4.56. The highest BCUT2D eigenvalue weighted by Crippen LogP contribution is 2.22. The molecule has 0 unspecified atom stereocenters. The topological polar surface area (TPSA) is 52.0 Å². The van der Waals surface area contributed by atoms with Crippen molar-refractivity contribution in [2.45, 2.75) is 17.7 Å². The first-order valence-electron chi connectivity index (χ1n) is 6.50. The van der Waals surface area contributed by atoms with Crippen LogP contribution in [0.3, 0.4) is 0 Å². The van der Waals surface area contributed by atoms with Crippen molar-refractivity contribution in [1.29, 1.82) is 0 Å². The fourth-order valence-electron chi connectivity index (χ4n) is 1.41. The number of allylic oxidation sites excluding steroid dienone is 2. The van der Waals surface area contributed by atoms with Crippen LogP contribution in [0.1, 0.15) is 12.8 Å². The molecule has 0 amide bonds. The predicted molar refractivity (Wildman–Crippen MR) is 94.9 cm³/mol. The molecule has 20 heavy (non-hydrogen) atoms. The molecule has 0 saturated carbocycles. The first kappa shape index (κ1) is 16.8. The summed E-state index contributed by atoms with van der Waals surface area (Å²) in [5, 5.41) is 0. The first-order valence-corrected chi connectivity index (χ1v) is 8.47. The lowest BCUT2D eigenvalue weighted by Gasteiger charge is -2.03. The zero-order chi connectivity index (χ0) is 14.8. The van der Waals surface area contributed by atoms with Crippen LogP contribution < -0.4 is 11.5 Å². The van der Waals surface area contributed by atoms with Crippen LogP contribution in [0.15, 0.2) is 65.1 Å². The van der Waals surface area contributed by atoms with Crippen molar-refractivity contribution in [2.75, 3.05) is 17.2 Å². The Hall–Kier alpha value is -1.26. The second kappa shape index (κ2) is 9.61. The lowest BCUT2D eigenvalue weighted by atomic mass is 10.3. The molecular weight excluding hydrogens is 284 g/mol. The summed E-state index contributed by atoms with van der Waals surface area (Å²) in [5.74, 6) is 2.22. The van der Waals surface area contributed by atoms with Crippen LogP contribution >= 0.6 is 23.5 Å². The van der Waals surface area contributed by atoms with Gasteiger partial charge in [-0.15, -0.1) is 23.5 Å². The molecule has 0 atom stereocenters. The van der Waals surface area contributed by atoms with E-state index in [1.807, 2.05) is 30.0 Å². The number of anilines is 1. The van der Waals surface area contributed by atoms with Gasteiger partial charge in [-0.1, -0.05) is 13.2 Å². The second-order valence-corrected chi connectivity index (χ2v) is 6.74. The molecule has 0 aliphatic carbocycles. The number of hydrogen-bond acceptors (Lipinski definition) is 4. The minimum absolute atomic E-state index is 0.562. The SMILES string of the molecule is C=C(N)/C=C\C(=C)SCCCCSc1ccc(N)cc1. The highest BCUT2D eigenvalue weighted by molar-refractivity contribution is 8.03. The van der Waals surface area contributed by atoms with Crippen LogP contribution in [0, 0.1) is 0 Å². The van der Waals surface area contributed by atoms with E-state index in [1.165, 1.54) is 17.7 Å². The fraction of sp³-hybridized carbons (Fsp3) is 0.250. The second-order valence-electron chi connectivity index (χ2n) is 4.35. The molecule has 1 rings (SSSR count). The van der Waals surface area contributed by atoms with E-state index in [-0.39, 0.29) is 0 Å². The average Bonchev–Trinajstić information content (AvgIpc) is 2.42. The van der Waals surface area contributed by atoms with E-state index < -0.39 is 0 Å². The number of benzene rings is 1. The van der Waals surface area contributed by atoms with Gasteiger partial charge in [-0.25, -0.2) is 0 Å². The van der Waals surface area contributed by atoms with Gasteiger partial charge in [0, 0.05) is 21.2 Å². The number of nitrogens with two attached hydrogens (primary N) is 2. The standard InChI is InChI=1S/C16H22N2S2/c1-13(17)5-6-14(2)19-11-3-4-12-20-16-9-7-15(18)8-10-16/h5-10H,1-4,11-12,17-18H2/b6-5-. The van der Waals surface area contributed by atoms with Gasteiger partial charge in [0.25, 0.3) is 0 Å². The number of rotatable bonds is 9. The molecule has 0 radical (unpaired) electrons. The Morgan fingerprint density at radius 3 is 2.35 bits per heavy atom. The maximum absolute atomic E-state index is 5.65. The van der Waals surface area contributed by atoms with E-state index >= 15 is 0 Å². The molecule has 0 bridgehead atoms. The molecule has 0 saturated heterocycles. The van der Waals surface area contributed by atoms with Crippen LogP contribution in [-0.4, -0.2) is 11.5 Å². The van der Waals surface area contributed by atoms with Crippen LogP contribution in [0.25, 0.3) is 0 Å². The van der Waals surface area contributed by atoms with Crippen LogP contribution in [0.2, 0.25) is 0 Å². The van der Waals surface area contributed by atoms with E-state index in [9.17, 15) is 0 Å². The first-order chi connectivity index (χ1) is 9.58. The van der Waals surface area contributed by atoms with E-state index in [0.717, 1.165) is 22.1 Å². The summed E-state index contributed by atoms with van der Waals surface area (Å²) in [6.07, 6.45) is 6.08. The molecule has 0 aromatic heterocycles. The molecule has 4 N–H and O–H groups in total. The largest absolute Gasteiger partial charge is 0.399 e. The Bertz CT molecular complexity index is 464. The lowest BCUT2D eigenvalue weighted by molar-refractivity contribution is 0.908. The van der Waals surface area contributed by atoms with Crippen LogP contribution in [-0.2, 0) is 0 Å². The van der Waals surface area contributed by atoms with Gasteiger partial charge in [0.2, 0.25) is 0 Å². The van der Waals surface area contributed by atoms with Gasteiger partial charge in [-0.2, -0.15) is 0 Å². The molecule has 2 nitrogen and oxygen atoms in total. The maximum atomic E-state index is 5.65. The monoisotopic (exact) mass is 306 g/mol. The molecule has 0 heterocycles. The van der Waals surface area contributed by atoms with Crippen molar-refractivity contribution in [2.24, 2.45) is 5.73 Å². The fourth-order valence-corrected chi connectivity index (χ4v) is 3.10. The number of thioether (sulfide) groups is 2. The highest BCUT2D eigenvalue weighted by Gasteiger charge is 1.96. The summed E-state index contributed by atoms with van der Waals surface area (Å²) in [6.45, 7) is 7.57. The molecule has 0 spiro atoms. The highest BCUT2D eigenvalue weighted by atomic mass is 32.2. The van der Waals surface area contributed by atoms with Gasteiger partial charge >= 0.3 is 0 Å². The normalized spacial score (nSPS) is 10.8. The maximum Gasteiger partial charge on any atom is 0.0314 e. The molecule has 1 aromatic rings. The minimum atomic E-state index is 0.562. The summed E-state index contributed by atoms with van der Waals surface area (Å²) in [5.41, 5.74) is 12.5. The van der Waals surface area contributed by atoms with Gasteiger partial charge in [0.1, 0.15) is 0 Å². The lowest BCUT2D eigenvalue weighted by Crippen LogP contribution is -1.88. The molecule has 4 heteroatoms. The Morgan fingerprint density at radius 1 is 1.05 bits per heavy atom. The van der Waals surface area contributed by atoms with Crippen molar-refractivity contribution in [1.82, 2.24) is 0 Å². The molecule has 108 valence electrons. The summed E-state index contributed by atoms with van der Waals surface area (Å²) >= 11 is 3.64. The number of unbranched alkanes of at least 4 members (excludes halogenated alkanes) is 1. The Morgan fingerprint density at radius 2 is 1.70 bits per heavy atom. The molecule has 0 fully saturated rings. The van der Waals surface area contributed by atoms with Crippen molar-refractivity contribution >= 4 is 29.2 Å².